The van der Waals surface area contributed by atoms with E-state index in [9.17, 15) is 14.7 Å². The molecule has 7 heteroatoms. The van der Waals surface area contributed by atoms with Gasteiger partial charge in [0.2, 0.25) is 0 Å². The Morgan fingerprint density at radius 1 is 1.38 bits per heavy atom. The molecule has 1 heterocycles. The quantitative estimate of drug-likeness (QED) is 0.642. The Bertz CT molecular complexity index is 342. The van der Waals surface area contributed by atoms with E-state index in [-0.39, 0.29) is 24.7 Å². The summed E-state index contributed by atoms with van der Waals surface area (Å²) in [6.07, 6.45) is 2.16. The maximum atomic E-state index is 12.1. The third-order valence-corrected chi connectivity index (χ3v) is 3.93. The van der Waals surface area contributed by atoms with Crippen LogP contribution in [0.4, 0.5) is 4.79 Å². The molecule has 2 amide bonds. The van der Waals surface area contributed by atoms with Crippen molar-refractivity contribution in [2.75, 3.05) is 26.3 Å². The maximum Gasteiger partial charge on any atom is 0.326 e. The summed E-state index contributed by atoms with van der Waals surface area (Å²) in [5, 5.41) is 20.5. The monoisotopic (exact) mass is 302 g/mol. The minimum absolute atomic E-state index is 0.00407. The number of urea groups is 1. The van der Waals surface area contributed by atoms with Crippen LogP contribution in [-0.2, 0) is 9.53 Å². The van der Waals surface area contributed by atoms with Gasteiger partial charge in [0.25, 0.3) is 0 Å². The van der Waals surface area contributed by atoms with Crippen molar-refractivity contribution in [1.82, 2.24) is 10.2 Å². The lowest BCUT2D eigenvalue weighted by Crippen LogP contribution is -2.52. The normalized spacial score (nSPS) is 19.1. The van der Waals surface area contributed by atoms with Gasteiger partial charge in [-0.05, 0) is 18.8 Å². The molecule has 0 aromatic rings. The Kier molecular flexibility index (Phi) is 7.45. The molecule has 2 atom stereocenters. The molecule has 0 spiro atoms. The number of ether oxygens (including phenoxy) is 1. The Morgan fingerprint density at radius 2 is 2.00 bits per heavy atom. The number of carboxylic acid groups (broad SMARTS) is 1. The highest BCUT2D eigenvalue weighted by Crippen LogP contribution is 2.15. The van der Waals surface area contributed by atoms with Crippen LogP contribution in [-0.4, -0.2) is 65.6 Å². The van der Waals surface area contributed by atoms with E-state index >= 15 is 0 Å². The van der Waals surface area contributed by atoms with Crippen LogP contribution in [0.5, 0.6) is 0 Å². The lowest BCUT2D eigenvalue weighted by molar-refractivity contribution is -0.140. The third kappa shape index (κ3) is 5.51. The zero-order chi connectivity index (χ0) is 15.8. The highest BCUT2D eigenvalue weighted by Gasteiger charge is 2.29. The molecule has 1 aliphatic rings. The van der Waals surface area contributed by atoms with Crippen LogP contribution in [0, 0.1) is 5.92 Å². The first-order valence-electron chi connectivity index (χ1n) is 7.50. The fourth-order valence-corrected chi connectivity index (χ4v) is 2.35. The summed E-state index contributed by atoms with van der Waals surface area (Å²) in [7, 11) is 0. The average molecular weight is 302 g/mol. The first-order valence-corrected chi connectivity index (χ1v) is 7.50. The van der Waals surface area contributed by atoms with Crippen molar-refractivity contribution >= 4 is 12.0 Å². The van der Waals surface area contributed by atoms with E-state index in [1.165, 1.54) is 0 Å². The molecule has 7 nitrogen and oxygen atoms in total. The number of nitrogens with zero attached hydrogens (tertiary/aromatic N) is 1. The zero-order valence-electron chi connectivity index (χ0n) is 12.7. The van der Waals surface area contributed by atoms with Gasteiger partial charge in [-0.25, -0.2) is 9.59 Å². The topological polar surface area (TPSA) is 99.1 Å². The molecule has 0 aromatic carbocycles. The number of aliphatic hydroxyl groups is 1. The highest BCUT2D eigenvalue weighted by atomic mass is 16.5. The summed E-state index contributed by atoms with van der Waals surface area (Å²) in [5.41, 5.74) is 0. The van der Waals surface area contributed by atoms with Gasteiger partial charge in [-0.3, -0.25) is 0 Å². The Labute approximate surface area is 125 Å². The van der Waals surface area contributed by atoms with E-state index in [1.54, 1.807) is 4.90 Å². The fourth-order valence-electron chi connectivity index (χ4n) is 2.35. The molecule has 1 saturated heterocycles. The van der Waals surface area contributed by atoms with Crippen molar-refractivity contribution in [2.45, 2.75) is 45.3 Å². The van der Waals surface area contributed by atoms with Crippen molar-refractivity contribution in [1.29, 1.82) is 0 Å². The van der Waals surface area contributed by atoms with E-state index in [1.807, 2.05) is 13.8 Å². The van der Waals surface area contributed by atoms with Gasteiger partial charge in [-0.2, -0.15) is 0 Å². The molecule has 0 aromatic heterocycles. The number of likely N-dealkylation sites (tertiary alicyclic amines) is 1. The smallest absolute Gasteiger partial charge is 0.326 e. The van der Waals surface area contributed by atoms with Crippen LogP contribution >= 0.6 is 0 Å². The molecule has 0 bridgehead atoms. The predicted octanol–water partition coefficient (Wildman–Crippen LogP) is 0.669. The molecule has 122 valence electrons. The van der Waals surface area contributed by atoms with Crippen molar-refractivity contribution < 1.29 is 24.5 Å². The average Bonchev–Trinajstić information content (AvgIpc) is 2.49. The van der Waals surface area contributed by atoms with Gasteiger partial charge in [-0.15, -0.1) is 0 Å². The van der Waals surface area contributed by atoms with Crippen molar-refractivity contribution in [3.05, 3.63) is 0 Å². The number of rotatable bonds is 7. The standard InChI is InChI=1S/C14H26N2O5/c1-3-10(2)12(13(18)19)15-14(20)16-6-4-11(5-7-16)21-9-8-17/h10-12,17H,3-9H2,1-2H3,(H,15,20)(H,18,19). The number of hydrogen-bond donors (Lipinski definition) is 3. The summed E-state index contributed by atoms with van der Waals surface area (Å²) >= 11 is 0. The van der Waals surface area contributed by atoms with E-state index in [4.69, 9.17) is 9.84 Å². The van der Waals surface area contributed by atoms with Crippen LogP contribution in [0.2, 0.25) is 0 Å². The number of carbonyl (C=O) groups excluding carboxylic acids is 1. The Balaban J connectivity index is 2.44. The molecule has 0 saturated carbocycles. The van der Waals surface area contributed by atoms with E-state index in [0.29, 0.717) is 39.0 Å². The van der Waals surface area contributed by atoms with Gasteiger partial charge in [0.1, 0.15) is 6.04 Å². The number of aliphatic hydroxyl groups excluding tert-OH is 1. The van der Waals surface area contributed by atoms with Gasteiger partial charge in [0.05, 0.1) is 19.3 Å². The molecule has 2 unspecified atom stereocenters. The predicted molar refractivity (Wildman–Crippen MR) is 77.0 cm³/mol. The Hall–Kier alpha value is -1.34. The van der Waals surface area contributed by atoms with E-state index in [2.05, 4.69) is 5.32 Å². The van der Waals surface area contributed by atoms with Crippen LogP contribution in [0.25, 0.3) is 0 Å². The van der Waals surface area contributed by atoms with Crippen LogP contribution in [0.3, 0.4) is 0 Å². The summed E-state index contributed by atoms with van der Waals surface area (Å²) in [4.78, 5) is 25.0. The van der Waals surface area contributed by atoms with Crippen molar-refractivity contribution in [3.8, 4) is 0 Å². The highest BCUT2D eigenvalue weighted by molar-refractivity contribution is 5.82. The molecule has 0 radical (unpaired) electrons. The van der Waals surface area contributed by atoms with E-state index < -0.39 is 12.0 Å². The lowest BCUT2D eigenvalue weighted by atomic mass is 9.99. The zero-order valence-corrected chi connectivity index (χ0v) is 12.7. The number of amides is 2. The largest absolute Gasteiger partial charge is 0.480 e. The minimum atomic E-state index is -1.00. The number of carbonyl (C=O) groups is 2. The summed E-state index contributed by atoms with van der Waals surface area (Å²) in [5.74, 6) is -1.12. The maximum absolute atomic E-state index is 12.1. The second-order valence-electron chi connectivity index (χ2n) is 5.43. The summed E-state index contributed by atoms with van der Waals surface area (Å²) in [6.45, 7) is 5.09. The van der Waals surface area contributed by atoms with Gasteiger partial charge in [-0.1, -0.05) is 20.3 Å². The fraction of sp³-hybridized carbons (Fsp3) is 0.857. The number of piperidine rings is 1. The molecular weight excluding hydrogens is 276 g/mol. The van der Waals surface area contributed by atoms with Gasteiger partial charge >= 0.3 is 12.0 Å². The van der Waals surface area contributed by atoms with Crippen molar-refractivity contribution in [2.24, 2.45) is 5.92 Å². The minimum Gasteiger partial charge on any atom is -0.480 e. The molecule has 1 fully saturated rings. The summed E-state index contributed by atoms with van der Waals surface area (Å²) in [6, 6.07) is -1.19. The molecule has 1 rings (SSSR count). The first kappa shape index (κ1) is 17.7. The van der Waals surface area contributed by atoms with E-state index in [0.717, 1.165) is 0 Å². The second-order valence-corrected chi connectivity index (χ2v) is 5.43. The van der Waals surface area contributed by atoms with Crippen molar-refractivity contribution in [3.63, 3.8) is 0 Å². The first-order chi connectivity index (χ1) is 9.99. The molecule has 1 aliphatic heterocycles. The molecule has 0 aliphatic carbocycles. The summed E-state index contributed by atoms with van der Waals surface area (Å²) < 4.78 is 5.43. The van der Waals surface area contributed by atoms with Crippen LogP contribution < -0.4 is 5.32 Å². The SMILES string of the molecule is CCC(C)C(NC(=O)N1CCC(OCCO)CC1)C(=O)O. The van der Waals surface area contributed by atoms with Crippen LogP contribution in [0.1, 0.15) is 33.1 Å². The van der Waals surface area contributed by atoms with Gasteiger partial charge in [0, 0.05) is 13.1 Å². The second kappa shape index (κ2) is 8.84. The molecule has 3 N–H and O–H groups in total. The Morgan fingerprint density at radius 3 is 2.48 bits per heavy atom. The number of nitrogens with one attached hydrogen (secondary N) is 1. The lowest BCUT2D eigenvalue weighted by Gasteiger charge is -2.33. The number of aliphatic carboxylic acids is 1. The van der Waals surface area contributed by atoms with Crippen LogP contribution in [0.15, 0.2) is 0 Å². The molecular formula is C14H26N2O5. The number of carboxylic acids is 1. The van der Waals surface area contributed by atoms with Gasteiger partial charge in [0.15, 0.2) is 0 Å². The van der Waals surface area contributed by atoms with Gasteiger partial charge < -0.3 is 25.2 Å². The third-order valence-electron chi connectivity index (χ3n) is 3.93. The number of hydrogen-bond acceptors (Lipinski definition) is 4. The molecule has 21 heavy (non-hydrogen) atoms.